The van der Waals surface area contributed by atoms with Gasteiger partial charge < -0.3 is 10.5 Å². The van der Waals surface area contributed by atoms with Crippen molar-refractivity contribution in [2.24, 2.45) is 5.73 Å². The Morgan fingerprint density at radius 3 is 2.16 bits per heavy atom. The van der Waals surface area contributed by atoms with Crippen LogP contribution in [-0.2, 0) is 6.18 Å². The molecule has 19 heavy (non-hydrogen) atoms. The molecule has 0 aliphatic heterocycles. The van der Waals surface area contributed by atoms with Crippen LogP contribution in [0.1, 0.15) is 11.1 Å². The average Bonchev–Trinajstić information content (AvgIpc) is 2.23. The summed E-state index contributed by atoms with van der Waals surface area (Å²) in [7, 11) is 0. The molecular formula is C10H7F6NOS. The molecule has 0 radical (unpaired) electrons. The van der Waals surface area contributed by atoms with E-state index < -0.39 is 30.3 Å². The lowest BCUT2D eigenvalue weighted by Crippen LogP contribution is -2.21. The summed E-state index contributed by atoms with van der Waals surface area (Å²) >= 11 is 4.50. The van der Waals surface area contributed by atoms with Crippen molar-refractivity contribution in [3.63, 3.8) is 0 Å². The molecule has 0 unspecified atom stereocenters. The van der Waals surface area contributed by atoms with Gasteiger partial charge in [-0.15, -0.1) is 0 Å². The van der Waals surface area contributed by atoms with E-state index in [0.29, 0.717) is 6.07 Å². The molecule has 0 heterocycles. The number of alkyl halides is 6. The summed E-state index contributed by atoms with van der Waals surface area (Å²) in [5.74, 6) is -0.926. The first-order valence-electron chi connectivity index (χ1n) is 4.71. The van der Waals surface area contributed by atoms with Crippen molar-refractivity contribution < 1.29 is 31.1 Å². The van der Waals surface area contributed by atoms with E-state index >= 15 is 0 Å². The number of ether oxygens (including phenoxy) is 1. The van der Waals surface area contributed by atoms with E-state index in [1.54, 1.807) is 0 Å². The number of rotatable bonds is 3. The molecule has 2 nitrogen and oxygen atoms in total. The summed E-state index contributed by atoms with van der Waals surface area (Å²) in [6.45, 7) is -1.82. The molecule has 0 saturated heterocycles. The van der Waals surface area contributed by atoms with Gasteiger partial charge in [-0.25, -0.2) is 0 Å². The number of thiocarbonyl (C=S) groups is 1. The first kappa shape index (κ1) is 15.5. The van der Waals surface area contributed by atoms with Crippen molar-refractivity contribution in [3.8, 4) is 5.75 Å². The van der Waals surface area contributed by atoms with Gasteiger partial charge in [-0.1, -0.05) is 12.2 Å². The van der Waals surface area contributed by atoms with Crippen LogP contribution in [0.4, 0.5) is 26.3 Å². The topological polar surface area (TPSA) is 35.2 Å². The van der Waals surface area contributed by atoms with Gasteiger partial charge in [0.25, 0.3) is 0 Å². The van der Waals surface area contributed by atoms with E-state index in [9.17, 15) is 26.3 Å². The van der Waals surface area contributed by atoms with Crippen molar-refractivity contribution in [2.75, 3.05) is 6.61 Å². The monoisotopic (exact) mass is 303 g/mol. The van der Waals surface area contributed by atoms with Crippen molar-refractivity contribution in [3.05, 3.63) is 29.3 Å². The Morgan fingerprint density at radius 2 is 1.74 bits per heavy atom. The molecule has 0 saturated carbocycles. The third-order valence-corrected chi connectivity index (χ3v) is 2.20. The SMILES string of the molecule is NC(=S)c1ccc(OCC(F)(F)F)c(C(F)(F)F)c1. The van der Waals surface area contributed by atoms with Crippen LogP contribution in [0.25, 0.3) is 0 Å². The van der Waals surface area contributed by atoms with Gasteiger partial charge in [0.1, 0.15) is 10.7 Å². The summed E-state index contributed by atoms with van der Waals surface area (Å²) < 4.78 is 77.9. The van der Waals surface area contributed by atoms with Crippen LogP contribution in [-0.4, -0.2) is 17.8 Å². The highest BCUT2D eigenvalue weighted by atomic mass is 32.1. The summed E-state index contributed by atoms with van der Waals surface area (Å²) in [5.41, 5.74) is 3.69. The Kier molecular flexibility index (Phi) is 4.28. The van der Waals surface area contributed by atoms with Crippen LogP contribution in [0.5, 0.6) is 5.75 Å². The quantitative estimate of drug-likeness (QED) is 0.687. The Bertz CT molecular complexity index is 482. The van der Waals surface area contributed by atoms with Gasteiger partial charge >= 0.3 is 12.4 Å². The van der Waals surface area contributed by atoms with Gasteiger partial charge in [0.15, 0.2) is 6.61 Å². The molecule has 0 spiro atoms. The molecule has 9 heteroatoms. The van der Waals surface area contributed by atoms with Gasteiger partial charge in [-0.05, 0) is 18.2 Å². The zero-order chi connectivity index (χ0) is 14.8. The zero-order valence-corrected chi connectivity index (χ0v) is 9.92. The number of hydrogen-bond donors (Lipinski definition) is 1. The Balaban J connectivity index is 3.13. The first-order chi connectivity index (χ1) is 8.50. The molecule has 0 bridgehead atoms. The third kappa shape index (κ3) is 4.58. The highest BCUT2D eigenvalue weighted by Crippen LogP contribution is 2.37. The van der Waals surface area contributed by atoms with Gasteiger partial charge in [-0.3, -0.25) is 0 Å². The molecule has 0 atom stereocenters. The van der Waals surface area contributed by atoms with Gasteiger partial charge in [0.05, 0.1) is 5.56 Å². The predicted molar refractivity (Wildman–Crippen MR) is 58.9 cm³/mol. The zero-order valence-electron chi connectivity index (χ0n) is 9.10. The molecule has 0 aliphatic rings. The molecule has 0 fully saturated rings. The van der Waals surface area contributed by atoms with Crippen molar-refractivity contribution in [2.45, 2.75) is 12.4 Å². The lowest BCUT2D eigenvalue weighted by Gasteiger charge is -2.16. The minimum atomic E-state index is -4.87. The summed E-state index contributed by atoms with van der Waals surface area (Å²) in [5, 5.41) is 0. The van der Waals surface area contributed by atoms with E-state index in [-0.39, 0.29) is 10.6 Å². The van der Waals surface area contributed by atoms with E-state index in [0.717, 1.165) is 12.1 Å². The maximum Gasteiger partial charge on any atom is 0.422 e. The number of benzene rings is 1. The van der Waals surface area contributed by atoms with Crippen LogP contribution in [0, 0.1) is 0 Å². The molecule has 1 aromatic rings. The van der Waals surface area contributed by atoms with Crippen molar-refractivity contribution in [1.82, 2.24) is 0 Å². The smallest absolute Gasteiger partial charge is 0.422 e. The second kappa shape index (κ2) is 5.24. The Hall–Kier alpha value is -1.51. The molecule has 106 valence electrons. The molecule has 0 amide bonds. The first-order valence-corrected chi connectivity index (χ1v) is 5.12. The van der Waals surface area contributed by atoms with E-state index in [1.165, 1.54) is 0 Å². The van der Waals surface area contributed by atoms with Crippen LogP contribution in [0.2, 0.25) is 0 Å². The molecule has 0 aromatic heterocycles. The second-order valence-corrected chi connectivity index (χ2v) is 3.92. The number of nitrogens with two attached hydrogens (primary N) is 1. The molecule has 1 rings (SSSR count). The fourth-order valence-electron chi connectivity index (χ4n) is 1.19. The Morgan fingerprint density at radius 1 is 1.16 bits per heavy atom. The van der Waals surface area contributed by atoms with Crippen LogP contribution < -0.4 is 10.5 Å². The lowest BCUT2D eigenvalue weighted by atomic mass is 10.1. The highest BCUT2D eigenvalue weighted by molar-refractivity contribution is 7.80. The minimum absolute atomic E-state index is 0.110. The number of hydrogen-bond acceptors (Lipinski definition) is 2. The summed E-state index contributed by atoms with van der Waals surface area (Å²) in [4.78, 5) is -0.298. The van der Waals surface area contributed by atoms with Gasteiger partial charge in [-0.2, -0.15) is 26.3 Å². The normalized spacial score (nSPS) is 12.3. The van der Waals surface area contributed by atoms with Crippen LogP contribution in [0.3, 0.4) is 0 Å². The second-order valence-electron chi connectivity index (χ2n) is 3.48. The van der Waals surface area contributed by atoms with E-state index in [2.05, 4.69) is 17.0 Å². The van der Waals surface area contributed by atoms with Crippen LogP contribution in [0.15, 0.2) is 18.2 Å². The van der Waals surface area contributed by atoms with E-state index in [4.69, 9.17) is 5.73 Å². The highest BCUT2D eigenvalue weighted by Gasteiger charge is 2.36. The molecule has 1 aromatic carbocycles. The predicted octanol–water partition coefficient (Wildman–Crippen LogP) is 3.28. The Labute approximate surface area is 109 Å². The standard InChI is InChI=1S/C10H7F6NOS/c11-9(12,13)4-18-7-2-1-5(8(17)19)3-6(7)10(14,15)16/h1-3H,4H2,(H2,17,19). The van der Waals surface area contributed by atoms with Gasteiger partial charge in [0.2, 0.25) is 0 Å². The lowest BCUT2D eigenvalue weighted by molar-refractivity contribution is -0.158. The van der Waals surface area contributed by atoms with E-state index in [1.807, 2.05) is 0 Å². The molecule has 0 aliphatic carbocycles. The molecular weight excluding hydrogens is 296 g/mol. The third-order valence-electron chi connectivity index (χ3n) is 1.96. The van der Waals surface area contributed by atoms with Crippen molar-refractivity contribution in [1.29, 1.82) is 0 Å². The van der Waals surface area contributed by atoms with Crippen molar-refractivity contribution >= 4 is 17.2 Å². The summed E-state index contributed by atoms with van der Waals surface area (Å²) in [6.07, 6.45) is -9.60. The maximum absolute atomic E-state index is 12.7. The maximum atomic E-state index is 12.7. The molecule has 2 N–H and O–H groups in total. The fourth-order valence-corrected chi connectivity index (χ4v) is 1.32. The largest absolute Gasteiger partial charge is 0.483 e. The van der Waals surface area contributed by atoms with Crippen LogP contribution >= 0.6 is 12.2 Å². The fraction of sp³-hybridized carbons (Fsp3) is 0.300. The summed E-state index contributed by atoms with van der Waals surface area (Å²) in [6, 6.07) is 2.36. The average molecular weight is 303 g/mol. The van der Waals surface area contributed by atoms with Gasteiger partial charge in [0, 0.05) is 5.56 Å². The number of halogens is 6. The minimum Gasteiger partial charge on any atom is -0.483 e.